The minimum Gasteiger partial charge on any atom is -0.600 e. The summed E-state index contributed by atoms with van der Waals surface area (Å²) in [7, 11) is 0. The van der Waals surface area contributed by atoms with E-state index in [9.17, 15) is 10.4 Å². The number of hydrogen-bond acceptors (Lipinski definition) is 2. The Morgan fingerprint density at radius 1 is 0.826 bits per heavy atom. The van der Waals surface area contributed by atoms with Gasteiger partial charge in [0, 0.05) is 6.42 Å². The third-order valence-electron chi connectivity index (χ3n) is 6.98. The number of hydrogen-bond donors (Lipinski definition) is 3. The summed E-state index contributed by atoms with van der Waals surface area (Å²) in [5.74, 6) is 2.42. The minimum atomic E-state index is -0.540. The second-order valence-electron chi connectivity index (χ2n) is 8.63. The van der Waals surface area contributed by atoms with Crippen molar-refractivity contribution >= 4 is 0 Å². The normalized spacial score (nSPS) is 38.3. The number of nitrogens with one attached hydrogen (secondary N) is 2. The molecule has 0 amide bonds. The highest BCUT2D eigenvalue weighted by Gasteiger charge is 2.34. The maximum Gasteiger partial charge on any atom is 0.125 e. The van der Waals surface area contributed by atoms with Gasteiger partial charge in [-0.3, -0.25) is 0 Å². The summed E-state index contributed by atoms with van der Waals surface area (Å²) < 4.78 is 0. The Bertz CT molecular complexity index is 336. The number of hydroxylamine groups is 2. The molecule has 3 unspecified atom stereocenters. The van der Waals surface area contributed by atoms with Crippen LogP contribution in [0.4, 0.5) is 0 Å². The Balaban J connectivity index is 1.39. The molecular formula is C19H37N2O2+. The molecule has 3 fully saturated rings. The van der Waals surface area contributed by atoms with Crippen molar-refractivity contribution < 1.29 is 15.3 Å². The van der Waals surface area contributed by atoms with E-state index < -0.39 is 5.23 Å². The molecule has 0 bridgehead atoms. The zero-order valence-electron chi connectivity index (χ0n) is 14.8. The minimum absolute atomic E-state index is 0.0591. The lowest BCUT2D eigenvalue weighted by Gasteiger charge is -2.38. The molecule has 3 aliphatic rings. The lowest BCUT2D eigenvalue weighted by molar-refractivity contribution is -1.07. The molecule has 23 heavy (non-hydrogen) atoms. The van der Waals surface area contributed by atoms with Gasteiger partial charge in [-0.15, -0.1) is 0 Å². The van der Waals surface area contributed by atoms with E-state index in [1.807, 2.05) is 0 Å². The van der Waals surface area contributed by atoms with E-state index in [-0.39, 0.29) is 6.04 Å². The van der Waals surface area contributed by atoms with Crippen LogP contribution in [0.3, 0.4) is 0 Å². The van der Waals surface area contributed by atoms with Crippen LogP contribution >= 0.6 is 0 Å². The highest BCUT2D eigenvalue weighted by molar-refractivity contribution is 4.75. The molecule has 134 valence electrons. The fourth-order valence-corrected chi connectivity index (χ4v) is 5.57. The van der Waals surface area contributed by atoms with E-state index in [1.165, 1.54) is 70.9 Å². The first-order chi connectivity index (χ1) is 11.2. The fraction of sp³-hybridized carbons (Fsp3) is 1.00. The van der Waals surface area contributed by atoms with Gasteiger partial charge in [0.2, 0.25) is 0 Å². The van der Waals surface area contributed by atoms with Crippen LogP contribution in [0, 0.1) is 23.0 Å². The standard InChI is InChI=1S/C19H36N2O2/c22-21(23)19-9-5-4-8-18(19)15-20-12-10-17(11-13-20)14-16-6-2-1-3-7-16/h16-19,21-22H,1-15H2/p+1. The molecule has 0 aromatic heterocycles. The SMILES string of the molecule is [O-][NH+](O)C1CCCCC1C[NH+]1CCC(CC2CCCCC2)CC1. The van der Waals surface area contributed by atoms with Gasteiger partial charge < -0.3 is 10.1 Å². The van der Waals surface area contributed by atoms with E-state index in [2.05, 4.69) is 0 Å². The molecular weight excluding hydrogens is 288 g/mol. The molecule has 1 heterocycles. The summed E-state index contributed by atoms with van der Waals surface area (Å²) in [6.07, 6.45) is 16.0. The fourth-order valence-electron chi connectivity index (χ4n) is 5.57. The van der Waals surface area contributed by atoms with Crippen molar-refractivity contribution in [2.45, 2.75) is 83.1 Å². The summed E-state index contributed by atoms with van der Waals surface area (Å²) in [5.41, 5.74) is 0. The van der Waals surface area contributed by atoms with Crippen LogP contribution < -0.4 is 10.1 Å². The largest absolute Gasteiger partial charge is 0.600 e. The van der Waals surface area contributed by atoms with Crippen LogP contribution in [-0.2, 0) is 0 Å². The quantitative estimate of drug-likeness (QED) is 0.672. The van der Waals surface area contributed by atoms with Crippen LogP contribution in [-0.4, -0.2) is 30.9 Å². The maximum atomic E-state index is 11.5. The van der Waals surface area contributed by atoms with Crippen LogP contribution in [0.15, 0.2) is 0 Å². The first kappa shape index (κ1) is 17.7. The molecule has 0 aromatic rings. The maximum absolute atomic E-state index is 11.5. The summed E-state index contributed by atoms with van der Waals surface area (Å²) in [4.78, 5) is 1.70. The van der Waals surface area contributed by atoms with Crippen molar-refractivity contribution in [2.24, 2.45) is 17.8 Å². The van der Waals surface area contributed by atoms with Gasteiger partial charge >= 0.3 is 0 Å². The van der Waals surface area contributed by atoms with Crippen LogP contribution in [0.2, 0.25) is 0 Å². The Kier molecular flexibility index (Phi) is 6.75. The predicted octanol–water partition coefficient (Wildman–Crippen LogP) is 1.58. The number of quaternary nitrogens is 2. The van der Waals surface area contributed by atoms with Crippen LogP contribution in [0.25, 0.3) is 0 Å². The molecule has 0 aromatic carbocycles. The van der Waals surface area contributed by atoms with E-state index in [1.54, 1.807) is 4.90 Å². The van der Waals surface area contributed by atoms with Crippen LogP contribution in [0.1, 0.15) is 77.0 Å². The zero-order valence-corrected chi connectivity index (χ0v) is 14.8. The highest BCUT2D eigenvalue weighted by Crippen LogP contribution is 2.31. The van der Waals surface area contributed by atoms with Crippen LogP contribution in [0.5, 0.6) is 0 Å². The summed E-state index contributed by atoms with van der Waals surface area (Å²) in [6.45, 7) is 3.70. The van der Waals surface area contributed by atoms with Crippen molar-refractivity contribution in [3.63, 3.8) is 0 Å². The van der Waals surface area contributed by atoms with Gasteiger partial charge in [0.1, 0.15) is 6.04 Å². The Morgan fingerprint density at radius 2 is 1.43 bits per heavy atom. The van der Waals surface area contributed by atoms with Gasteiger partial charge in [-0.05, 0) is 43.9 Å². The Morgan fingerprint density at radius 3 is 2.13 bits per heavy atom. The lowest BCUT2D eigenvalue weighted by atomic mass is 9.79. The third-order valence-corrected chi connectivity index (χ3v) is 6.98. The van der Waals surface area contributed by atoms with Gasteiger partial charge in [-0.1, -0.05) is 38.5 Å². The molecule has 0 radical (unpaired) electrons. The van der Waals surface area contributed by atoms with E-state index in [4.69, 9.17) is 0 Å². The lowest BCUT2D eigenvalue weighted by Crippen LogP contribution is -3.16. The number of likely N-dealkylation sites (tertiary alicyclic amines) is 1. The molecule has 4 heteroatoms. The third kappa shape index (κ3) is 5.15. The molecule has 2 aliphatic carbocycles. The van der Waals surface area contributed by atoms with E-state index >= 15 is 0 Å². The average Bonchev–Trinajstić information content (AvgIpc) is 2.58. The predicted molar refractivity (Wildman–Crippen MR) is 91.3 cm³/mol. The first-order valence-corrected chi connectivity index (χ1v) is 10.3. The molecule has 1 aliphatic heterocycles. The highest BCUT2D eigenvalue weighted by atomic mass is 16.8. The van der Waals surface area contributed by atoms with Gasteiger partial charge in [0.05, 0.1) is 25.6 Å². The molecule has 3 N–H and O–H groups in total. The Hall–Kier alpha value is -0.160. The van der Waals surface area contributed by atoms with Gasteiger partial charge in [-0.25, -0.2) is 10.4 Å². The van der Waals surface area contributed by atoms with E-state index in [0.717, 1.165) is 37.6 Å². The monoisotopic (exact) mass is 325 g/mol. The number of piperidine rings is 1. The van der Waals surface area contributed by atoms with Crippen molar-refractivity contribution in [3.8, 4) is 0 Å². The molecule has 1 saturated heterocycles. The van der Waals surface area contributed by atoms with Gasteiger partial charge in [0.25, 0.3) is 0 Å². The zero-order chi connectivity index (χ0) is 16.1. The van der Waals surface area contributed by atoms with Gasteiger partial charge in [0.15, 0.2) is 0 Å². The molecule has 3 atom stereocenters. The molecule has 2 saturated carbocycles. The van der Waals surface area contributed by atoms with Crippen molar-refractivity contribution in [1.29, 1.82) is 0 Å². The average molecular weight is 326 g/mol. The summed E-state index contributed by atoms with van der Waals surface area (Å²) >= 11 is 0. The molecule has 3 rings (SSSR count). The van der Waals surface area contributed by atoms with Crippen molar-refractivity contribution in [2.75, 3.05) is 19.6 Å². The first-order valence-electron chi connectivity index (χ1n) is 10.3. The van der Waals surface area contributed by atoms with E-state index in [0.29, 0.717) is 5.92 Å². The smallest absolute Gasteiger partial charge is 0.125 e. The van der Waals surface area contributed by atoms with Crippen molar-refractivity contribution in [3.05, 3.63) is 5.21 Å². The summed E-state index contributed by atoms with van der Waals surface area (Å²) in [6, 6.07) is -0.0591. The second kappa shape index (κ2) is 8.80. The second-order valence-corrected chi connectivity index (χ2v) is 8.63. The molecule has 0 spiro atoms. The summed E-state index contributed by atoms with van der Waals surface area (Å²) in [5, 5.41) is 20.4. The van der Waals surface area contributed by atoms with Gasteiger partial charge in [-0.2, -0.15) is 0 Å². The Labute approximate surface area is 141 Å². The molecule has 4 nitrogen and oxygen atoms in total. The van der Waals surface area contributed by atoms with Crippen molar-refractivity contribution in [1.82, 2.24) is 0 Å². The topological polar surface area (TPSA) is 52.2 Å². The number of rotatable bonds is 5.